The van der Waals surface area contributed by atoms with Crippen LogP contribution in [0.4, 0.5) is 0 Å². The molecule has 4 saturated carbocycles. The molecule has 1 atom stereocenters. The van der Waals surface area contributed by atoms with Gasteiger partial charge in [-0.3, -0.25) is 0 Å². The lowest BCUT2D eigenvalue weighted by Gasteiger charge is -2.56. The van der Waals surface area contributed by atoms with E-state index in [4.69, 9.17) is 4.74 Å². The van der Waals surface area contributed by atoms with Crippen molar-refractivity contribution in [2.75, 3.05) is 13.7 Å². The van der Waals surface area contributed by atoms with Crippen molar-refractivity contribution in [1.29, 1.82) is 0 Å². The van der Waals surface area contributed by atoms with Crippen LogP contribution in [0.5, 0.6) is 0 Å². The molecule has 0 radical (unpaired) electrons. The van der Waals surface area contributed by atoms with Gasteiger partial charge in [0, 0.05) is 0 Å². The van der Waals surface area contributed by atoms with Crippen LogP contribution < -0.4 is 5.32 Å². The zero-order valence-electron chi connectivity index (χ0n) is 12.1. The molecule has 1 unspecified atom stereocenters. The minimum Gasteiger partial charge on any atom is -0.497 e. The van der Waals surface area contributed by atoms with Crippen LogP contribution in [-0.2, 0) is 4.74 Å². The zero-order valence-corrected chi connectivity index (χ0v) is 12.1. The van der Waals surface area contributed by atoms with Gasteiger partial charge in [0.05, 0.1) is 12.6 Å². The second kappa shape index (κ2) is 4.80. The minimum absolute atomic E-state index is 0.496. The van der Waals surface area contributed by atoms with Crippen molar-refractivity contribution in [3.8, 4) is 0 Å². The van der Waals surface area contributed by atoms with Crippen LogP contribution in [0.3, 0.4) is 0 Å². The van der Waals surface area contributed by atoms with Crippen molar-refractivity contribution in [3.05, 3.63) is 11.8 Å². The Hall–Kier alpha value is -0.500. The van der Waals surface area contributed by atoms with E-state index in [0.717, 1.165) is 36.2 Å². The number of nitrogens with one attached hydrogen (secondary N) is 1. The molecular formula is C17H27NO. The number of allylic oxidation sites excluding steroid dienone is 1. The molecule has 0 aromatic rings. The van der Waals surface area contributed by atoms with Crippen LogP contribution in [0.25, 0.3) is 0 Å². The third-order valence-electron chi connectivity index (χ3n) is 6.26. The molecule has 0 spiro atoms. The van der Waals surface area contributed by atoms with Crippen LogP contribution in [0, 0.1) is 29.6 Å². The summed E-state index contributed by atoms with van der Waals surface area (Å²) >= 11 is 0. The Bertz CT molecular complexity index is 347. The molecule has 5 rings (SSSR count). The van der Waals surface area contributed by atoms with Gasteiger partial charge in [-0.15, -0.1) is 0 Å². The molecule has 1 heterocycles. The smallest absolute Gasteiger partial charge is 0.109 e. The maximum Gasteiger partial charge on any atom is 0.109 e. The molecule has 0 aromatic heterocycles. The highest BCUT2D eigenvalue weighted by atomic mass is 16.5. The lowest BCUT2D eigenvalue weighted by Crippen LogP contribution is -2.53. The largest absolute Gasteiger partial charge is 0.497 e. The third-order valence-corrected chi connectivity index (χ3v) is 6.26. The zero-order chi connectivity index (χ0) is 12.8. The molecule has 4 aliphatic carbocycles. The van der Waals surface area contributed by atoms with Crippen molar-refractivity contribution < 1.29 is 4.74 Å². The van der Waals surface area contributed by atoms with Gasteiger partial charge >= 0.3 is 0 Å². The van der Waals surface area contributed by atoms with E-state index in [1.165, 1.54) is 44.3 Å². The summed E-state index contributed by atoms with van der Waals surface area (Å²) in [5.74, 6) is 6.20. The highest BCUT2D eigenvalue weighted by molar-refractivity contribution is 5.12. The Morgan fingerprint density at radius 2 is 1.79 bits per heavy atom. The van der Waals surface area contributed by atoms with Crippen LogP contribution in [-0.4, -0.2) is 19.7 Å². The SMILES string of the molecule is CNC(C1=CCCCO1)C1C2CC3CC(C2)CC1C3. The molecule has 0 saturated heterocycles. The van der Waals surface area contributed by atoms with Crippen molar-refractivity contribution in [3.63, 3.8) is 0 Å². The van der Waals surface area contributed by atoms with E-state index < -0.39 is 0 Å². The third kappa shape index (κ3) is 2.03. The predicted octanol–water partition coefficient (Wildman–Crippen LogP) is 3.34. The van der Waals surface area contributed by atoms with E-state index in [0.29, 0.717) is 6.04 Å². The predicted molar refractivity (Wildman–Crippen MR) is 76.7 cm³/mol. The van der Waals surface area contributed by atoms with Crippen LogP contribution >= 0.6 is 0 Å². The molecule has 0 amide bonds. The Morgan fingerprint density at radius 1 is 1.11 bits per heavy atom. The maximum atomic E-state index is 5.99. The summed E-state index contributed by atoms with van der Waals surface area (Å²) in [6.07, 6.45) is 12.3. The topological polar surface area (TPSA) is 21.3 Å². The van der Waals surface area contributed by atoms with Crippen molar-refractivity contribution in [2.45, 2.75) is 51.0 Å². The quantitative estimate of drug-likeness (QED) is 0.841. The van der Waals surface area contributed by atoms with Gasteiger partial charge in [-0.25, -0.2) is 0 Å². The highest BCUT2D eigenvalue weighted by Crippen LogP contribution is 2.57. The van der Waals surface area contributed by atoms with Crippen LogP contribution in [0.1, 0.15) is 44.9 Å². The molecule has 2 heteroatoms. The summed E-state index contributed by atoms with van der Waals surface area (Å²) in [5.41, 5.74) is 0. The monoisotopic (exact) mass is 261 g/mol. The van der Waals surface area contributed by atoms with E-state index in [1.807, 2.05) is 0 Å². The Kier molecular flexibility index (Phi) is 3.10. The first-order valence-corrected chi connectivity index (χ1v) is 8.35. The van der Waals surface area contributed by atoms with E-state index in [2.05, 4.69) is 18.4 Å². The second-order valence-electron chi connectivity index (χ2n) is 7.37. The van der Waals surface area contributed by atoms with Crippen molar-refractivity contribution in [1.82, 2.24) is 5.32 Å². The normalized spacial score (nSPS) is 45.7. The lowest BCUT2D eigenvalue weighted by molar-refractivity contribution is -0.0536. The molecule has 19 heavy (non-hydrogen) atoms. The summed E-state index contributed by atoms with van der Waals surface area (Å²) in [4.78, 5) is 0. The Balaban J connectivity index is 1.58. The minimum atomic E-state index is 0.496. The summed E-state index contributed by atoms with van der Waals surface area (Å²) in [6, 6.07) is 0.496. The fourth-order valence-corrected chi connectivity index (χ4v) is 5.83. The fraction of sp³-hybridized carbons (Fsp3) is 0.882. The second-order valence-corrected chi connectivity index (χ2v) is 7.37. The molecule has 4 bridgehead atoms. The van der Waals surface area contributed by atoms with Gasteiger partial charge < -0.3 is 10.1 Å². The fourth-order valence-electron chi connectivity index (χ4n) is 5.83. The first-order valence-electron chi connectivity index (χ1n) is 8.35. The molecule has 1 aliphatic heterocycles. The number of hydrogen-bond donors (Lipinski definition) is 1. The average molecular weight is 261 g/mol. The summed E-state index contributed by atoms with van der Waals surface area (Å²) in [5, 5.41) is 3.61. The summed E-state index contributed by atoms with van der Waals surface area (Å²) in [7, 11) is 2.13. The number of ether oxygens (including phenoxy) is 1. The average Bonchev–Trinajstić information content (AvgIpc) is 2.43. The van der Waals surface area contributed by atoms with Crippen molar-refractivity contribution in [2.24, 2.45) is 29.6 Å². The van der Waals surface area contributed by atoms with Gasteiger partial charge in [-0.05, 0) is 87.7 Å². The van der Waals surface area contributed by atoms with Gasteiger partial charge in [0.2, 0.25) is 0 Å². The van der Waals surface area contributed by atoms with E-state index in [-0.39, 0.29) is 0 Å². The van der Waals surface area contributed by atoms with Gasteiger partial charge in [0.25, 0.3) is 0 Å². The van der Waals surface area contributed by atoms with E-state index in [1.54, 1.807) is 6.42 Å². The summed E-state index contributed by atoms with van der Waals surface area (Å²) < 4.78 is 5.99. The van der Waals surface area contributed by atoms with Gasteiger partial charge in [-0.1, -0.05) is 0 Å². The number of likely N-dealkylation sites (N-methyl/N-ethyl adjacent to an activating group) is 1. The first kappa shape index (κ1) is 12.3. The number of hydrogen-bond acceptors (Lipinski definition) is 2. The standard InChI is InChI=1S/C17H27NO/c1-18-17(15-4-2-3-5-19-15)16-13-7-11-6-12(9-13)10-14(16)8-11/h4,11-14,16-18H,2-3,5-10H2,1H3. The van der Waals surface area contributed by atoms with E-state index >= 15 is 0 Å². The Labute approximate surface area is 117 Å². The molecule has 4 fully saturated rings. The summed E-state index contributed by atoms with van der Waals surface area (Å²) in [6.45, 7) is 0.928. The first-order chi connectivity index (χ1) is 9.35. The molecule has 106 valence electrons. The van der Waals surface area contributed by atoms with Crippen molar-refractivity contribution >= 4 is 0 Å². The van der Waals surface area contributed by atoms with Crippen LogP contribution in [0.15, 0.2) is 11.8 Å². The number of rotatable bonds is 3. The van der Waals surface area contributed by atoms with E-state index in [9.17, 15) is 0 Å². The van der Waals surface area contributed by atoms with Gasteiger partial charge in [0.15, 0.2) is 0 Å². The molecule has 1 N–H and O–H groups in total. The Morgan fingerprint density at radius 3 is 2.32 bits per heavy atom. The molecule has 5 aliphatic rings. The lowest BCUT2D eigenvalue weighted by atomic mass is 9.50. The van der Waals surface area contributed by atoms with Gasteiger partial charge in [-0.2, -0.15) is 0 Å². The molecular weight excluding hydrogens is 234 g/mol. The highest BCUT2D eigenvalue weighted by Gasteiger charge is 2.51. The molecule has 2 nitrogen and oxygen atoms in total. The molecule has 0 aromatic carbocycles. The van der Waals surface area contributed by atoms with Gasteiger partial charge in [0.1, 0.15) is 5.76 Å². The maximum absolute atomic E-state index is 5.99. The van der Waals surface area contributed by atoms with Crippen LogP contribution in [0.2, 0.25) is 0 Å².